The summed E-state index contributed by atoms with van der Waals surface area (Å²) in [4.78, 5) is 16.8. The largest absolute Gasteiger partial charge is 0.497 e. The molecule has 5 rings (SSSR count). The molecular formula is C25H24N2O6S. The molecule has 0 amide bonds. The third-order valence-corrected chi connectivity index (χ3v) is 8.08. The molecule has 1 fully saturated rings. The molecule has 9 heteroatoms. The van der Waals surface area contributed by atoms with Crippen LogP contribution in [0.1, 0.15) is 36.0 Å². The van der Waals surface area contributed by atoms with Crippen molar-refractivity contribution in [2.24, 2.45) is 0 Å². The highest BCUT2D eigenvalue weighted by atomic mass is 32.2. The van der Waals surface area contributed by atoms with E-state index in [4.69, 9.17) is 9.15 Å². The number of carbonyl (C=O) groups is 1. The topological polar surface area (TPSA) is 110 Å². The number of aromatic nitrogens is 1. The minimum Gasteiger partial charge on any atom is -0.497 e. The number of methoxy groups -OCH3 is 1. The van der Waals surface area contributed by atoms with E-state index in [2.05, 4.69) is 4.98 Å². The van der Waals surface area contributed by atoms with Crippen LogP contribution in [0.5, 0.6) is 5.75 Å². The fourth-order valence-electron chi connectivity index (χ4n) is 4.37. The van der Waals surface area contributed by atoms with Gasteiger partial charge in [0.15, 0.2) is 5.76 Å². The SMILES string of the molecule is COc1ccc2oc(-c3cc(C(=O)O)c4cc(S(=O)(=O)N5CCCCCC5)ccc4n3)cc2c1. The van der Waals surface area contributed by atoms with Crippen LogP contribution in [0.2, 0.25) is 0 Å². The van der Waals surface area contributed by atoms with Crippen LogP contribution in [0.4, 0.5) is 0 Å². The number of ether oxygens (including phenoxy) is 1. The Bertz CT molecular complexity index is 1500. The van der Waals surface area contributed by atoms with E-state index < -0.39 is 16.0 Å². The Labute approximate surface area is 196 Å². The fourth-order valence-corrected chi connectivity index (χ4v) is 5.92. The summed E-state index contributed by atoms with van der Waals surface area (Å²) in [6.45, 7) is 0.945. The Kier molecular flexibility index (Phi) is 5.75. The molecule has 1 aliphatic heterocycles. The second kappa shape index (κ2) is 8.73. The Balaban J connectivity index is 1.60. The number of aromatic carboxylic acids is 1. The molecule has 0 unspecified atom stereocenters. The van der Waals surface area contributed by atoms with E-state index in [0.29, 0.717) is 41.4 Å². The van der Waals surface area contributed by atoms with Crippen molar-refractivity contribution < 1.29 is 27.5 Å². The lowest BCUT2D eigenvalue weighted by Gasteiger charge is -2.20. The van der Waals surface area contributed by atoms with Crippen LogP contribution in [0, 0.1) is 0 Å². The number of pyridine rings is 1. The van der Waals surface area contributed by atoms with Gasteiger partial charge in [0.25, 0.3) is 0 Å². The zero-order chi connectivity index (χ0) is 23.9. The second-order valence-corrected chi connectivity index (χ2v) is 10.3. The summed E-state index contributed by atoms with van der Waals surface area (Å²) in [6, 6.07) is 13.0. The van der Waals surface area contributed by atoms with Crippen molar-refractivity contribution in [1.82, 2.24) is 9.29 Å². The van der Waals surface area contributed by atoms with Crippen molar-refractivity contribution in [1.29, 1.82) is 0 Å². The minimum atomic E-state index is -3.72. The number of carboxylic acid groups (broad SMARTS) is 1. The molecular weight excluding hydrogens is 456 g/mol. The van der Waals surface area contributed by atoms with E-state index in [0.717, 1.165) is 31.1 Å². The quantitative estimate of drug-likeness (QED) is 0.432. The first kappa shape index (κ1) is 22.4. The first-order valence-corrected chi connectivity index (χ1v) is 12.6. The second-order valence-electron chi connectivity index (χ2n) is 8.37. The Morgan fingerprint density at radius 3 is 2.50 bits per heavy atom. The summed E-state index contributed by atoms with van der Waals surface area (Å²) in [5, 5.41) is 11.0. The zero-order valence-corrected chi connectivity index (χ0v) is 19.5. The maximum Gasteiger partial charge on any atom is 0.336 e. The van der Waals surface area contributed by atoms with Crippen LogP contribution in [-0.4, -0.2) is 49.0 Å². The van der Waals surface area contributed by atoms with Gasteiger partial charge in [-0.2, -0.15) is 4.31 Å². The monoisotopic (exact) mass is 480 g/mol. The number of hydrogen-bond acceptors (Lipinski definition) is 6. The molecule has 0 spiro atoms. The predicted octanol–water partition coefficient (Wildman–Crippen LogP) is 4.92. The number of hydrogen-bond donors (Lipinski definition) is 1. The standard InChI is InChI=1S/C25H24N2O6S/c1-32-17-6-9-23-16(12-17)13-24(33-23)22-15-20(25(28)29)19-14-18(7-8-21(19)26-22)34(30,31)27-10-4-2-3-5-11-27/h6-9,12-15H,2-5,10-11H2,1H3,(H,28,29). The minimum absolute atomic E-state index is 0.0362. The van der Waals surface area contributed by atoms with Gasteiger partial charge in [0, 0.05) is 23.9 Å². The van der Waals surface area contributed by atoms with Gasteiger partial charge < -0.3 is 14.3 Å². The van der Waals surface area contributed by atoms with Gasteiger partial charge in [0.1, 0.15) is 17.0 Å². The summed E-state index contributed by atoms with van der Waals surface area (Å²) < 4.78 is 39.1. The number of benzene rings is 2. The predicted molar refractivity (Wildman–Crippen MR) is 128 cm³/mol. The third-order valence-electron chi connectivity index (χ3n) is 6.19. The maximum absolute atomic E-state index is 13.2. The first-order valence-electron chi connectivity index (χ1n) is 11.1. The van der Waals surface area contributed by atoms with Gasteiger partial charge in [-0.3, -0.25) is 0 Å². The summed E-state index contributed by atoms with van der Waals surface area (Å²) in [5.41, 5.74) is 1.31. The van der Waals surface area contributed by atoms with Gasteiger partial charge in [0.2, 0.25) is 10.0 Å². The van der Waals surface area contributed by atoms with Gasteiger partial charge >= 0.3 is 5.97 Å². The zero-order valence-electron chi connectivity index (χ0n) is 18.7. The molecule has 8 nitrogen and oxygen atoms in total. The fraction of sp³-hybridized carbons (Fsp3) is 0.280. The lowest BCUT2D eigenvalue weighted by atomic mass is 10.1. The number of carboxylic acids is 1. The molecule has 1 saturated heterocycles. The van der Waals surface area contributed by atoms with Crippen LogP contribution in [0.3, 0.4) is 0 Å². The highest BCUT2D eigenvalue weighted by molar-refractivity contribution is 7.89. The summed E-state index contributed by atoms with van der Waals surface area (Å²) in [6.07, 6.45) is 3.66. The summed E-state index contributed by atoms with van der Waals surface area (Å²) >= 11 is 0. The van der Waals surface area contributed by atoms with Gasteiger partial charge in [-0.05, 0) is 61.4 Å². The smallest absolute Gasteiger partial charge is 0.336 e. The molecule has 3 heterocycles. The molecule has 4 aromatic rings. The van der Waals surface area contributed by atoms with E-state index in [1.54, 1.807) is 31.4 Å². The third kappa shape index (κ3) is 4.01. The van der Waals surface area contributed by atoms with Crippen molar-refractivity contribution in [2.45, 2.75) is 30.6 Å². The summed E-state index contributed by atoms with van der Waals surface area (Å²) in [7, 11) is -2.15. The Morgan fingerprint density at radius 1 is 1.03 bits per heavy atom. The van der Waals surface area contributed by atoms with Crippen LogP contribution < -0.4 is 4.74 Å². The van der Waals surface area contributed by atoms with Crippen molar-refractivity contribution in [3.8, 4) is 17.2 Å². The Hall–Kier alpha value is -3.43. The van der Waals surface area contributed by atoms with Gasteiger partial charge in [-0.15, -0.1) is 0 Å². The number of sulfonamides is 1. The van der Waals surface area contributed by atoms with Crippen LogP contribution >= 0.6 is 0 Å². The average molecular weight is 481 g/mol. The highest BCUT2D eigenvalue weighted by Crippen LogP contribution is 2.33. The highest BCUT2D eigenvalue weighted by Gasteiger charge is 2.26. The van der Waals surface area contributed by atoms with Crippen molar-refractivity contribution in [2.75, 3.05) is 20.2 Å². The molecule has 176 valence electrons. The van der Waals surface area contributed by atoms with Crippen LogP contribution in [0.25, 0.3) is 33.3 Å². The van der Waals surface area contributed by atoms with E-state index in [9.17, 15) is 18.3 Å². The van der Waals surface area contributed by atoms with Crippen LogP contribution in [-0.2, 0) is 10.0 Å². The number of rotatable bonds is 5. The normalized spacial score (nSPS) is 15.4. The number of furan rings is 1. The maximum atomic E-state index is 13.2. The van der Waals surface area contributed by atoms with Crippen molar-refractivity contribution in [3.05, 3.63) is 54.1 Å². The lowest BCUT2D eigenvalue weighted by Crippen LogP contribution is -2.31. The van der Waals surface area contributed by atoms with E-state index >= 15 is 0 Å². The average Bonchev–Trinajstić information content (AvgIpc) is 3.06. The molecule has 2 aromatic carbocycles. The Morgan fingerprint density at radius 2 is 1.79 bits per heavy atom. The lowest BCUT2D eigenvalue weighted by molar-refractivity contribution is 0.0699. The molecule has 0 saturated carbocycles. The van der Waals surface area contributed by atoms with Crippen LogP contribution in [0.15, 0.2) is 57.8 Å². The molecule has 2 aromatic heterocycles. The number of nitrogens with zero attached hydrogens (tertiary/aromatic N) is 2. The molecule has 1 N–H and O–H groups in total. The van der Waals surface area contributed by atoms with E-state index in [1.165, 1.54) is 22.5 Å². The molecule has 34 heavy (non-hydrogen) atoms. The molecule has 0 aliphatic carbocycles. The van der Waals surface area contributed by atoms with Gasteiger partial charge in [-0.25, -0.2) is 18.2 Å². The molecule has 0 radical (unpaired) electrons. The summed E-state index contributed by atoms with van der Waals surface area (Å²) in [5.74, 6) is -0.0830. The first-order chi connectivity index (χ1) is 16.4. The van der Waals surface area contributed by atoms with Crippen molar-refractivity contribution >= 4 is 37.9 Å². The van der Waals surface area contributed by atoms with E-state index in [-0.39, 0.29) is 15.8 Å². The molecule has 0 bridgehead atoms. The molecule has 0 atom stereocenters. The van der Waals surface area contributed by atoms with E-state index in [1.807, 2.05) is 6.07 Å². The van der Waals surface area contributed by atoms with Crippen molar-refractivity contribution in [3.63, 3.8) is 0 Å². The molecule has 1 aliphatic rings. The van der Waals surface area contributed by atoms with Gasteiger partial charge in [-0.1, -0.05) is 12.8 Å². The van der Waals surface area contributed by atoms with Gasteiger partial charge in [0.05, 0.1) is 23.1 Å². The number of fused-ring (bicyclic) bond motifs is 2.